The van der Waals surface area contributed by atoms with Crippen LogP contribution in [0.5, 0.6) is 0 Å². The van der Waals surface area contributed by atoms with Crippen LogP contribution in [-0.2, 0) is 11.2 Å². The van der Waals surface area contributed by atoms with E-state index in [1.807, 2.05) is 36.6 Å². The van der Waals surface area contributed by atoms with E-state index in [1.165, 1.54) is 0 Å². The summed E-state index contributed by atoms with van der Waals surface area (Å²) in [4.78, 5) is 22.6. The van der Waals surface area contributed by atoms with Gasteiger partial charge in [-0.05, 0) is 30.4 Å². The summed E-state index contributed by atoms with van der Waals surface area (Å²) in [6, 6.07) is 8.52. The van der Waals surface area contributed by atoms with Crippen LogP contribution in [0.15, 0.2) is 30.3 Å². The zero-order chi connectivity index (χ0) is 14.8. The molecule has 1 rings (SSSR count). The number of hydrogen-bond acceptors (Lipinski definition) is 3. The predicted molar refractivity (Wildman–Crippen MR) is 81.1 cm³/mol. The van der Waals surface area contributed by atoms with Crippen molar-refractivity contribution >= 4 is 23.8 Å². The van der Waals surface area contributed by atoms with Gasteiger partial charge in [-0.25, -0.2) is 9.59 Å². The Kier molecular flexibility index (Phi) is 7.57. The highest BCUT2D eigenvalue weighted by atomic mass is 32.2. The van der Waals surface area contributed by atoms with Crippen molar-refractivity contribution in [3.8, 4) is 0 Å². The van der Waals surface area contributed by atoms with Gasteiger partial charge in [0.05, 0.1) is 0 Å². The van der Waals surface area contributed by atoms with E-state index >= 15 is 0 Å². The second kappa shape index (κ2) is 9.25. The van der Waals surface area contributed by atoms with Crippen LogP contribution in [0.1, 0.15) is 12.0 Å². The number of carbonyl (C=O) groups excluding carboxylic acids is 1. The van der Waals surface area contributed by atoms with Crippen LogP contribution in [0.2, 0.25) is 0 Å². The second-order valence-electron chi connectivity index (χ2n) is 4.31. The first-order valence-corrected chi connectivity index (χ1v) is 7.83. The fraction of sp³-hybridized carbons (Fsp3) is 0.429. The first kappa shape index (κ1) is 16.4. The molecule has 1 aromatic rings. The summed E-state index contributed by atoms with van der Waals surface area (Å²) in [7, 11) is 0. The number of aliphatic carboxylic acids is 1. The van der Waals surface area contributed by atoms with Crippen LogP contribution < -0.4 is 10.6 Å². The molecule has 1 atom stereocenters. The van der Waals surface area contributed by atoms with Crippen LogP contribution in [0.4, 0.5) is 4.79 Å². The Balaban J connectivity index is 2.29. The van der Waals surface area contributed by atoms with Gasteiger partial charge in [-0.15, -0.1) is 0 Å². The fourth-order valence-corrected chi connectivity index (χ4v) is 2.14. The minimum Gasteiger partial charge on any atom is -0.480 e. The minimum absolute atomic E-state index is 0.419. The molecule has 0 aliphatic rings. The monoisotopic (exact) mass is 296 g/mol. The summed E-state index contributed by atoms with van der Waals surface area (Å²) in [5.41, 5.74) is 1.13. The molecule has 0 spiro atoms. The third-order valence-corrected chi connectivity index (χ3v) is 3.40. The quantitative estimate of drug-likeness (QED) is 0.683. The van der Waals surface area contributed by atoms with Gasteiger partial charge in [-0.1, -0.05) is 30.3 Å². The average molecular weight is 296 g/mol. The molecule has 3 N–H and O–H groups in total. The number of carboxylic acids is 1. The lowest BCUT2D eigenvalue weighted by atomic mass is 10.1. The normalized spacial score (nSPS) is 11.7. The summed E-state index contributed by atoms with van der Waals surface area (Å²) in [5, 5.41) is 14.1. The Morgan fingerprint density at radius 2 is 2.00 bits per heavy atom. The van der Waals surface area contributed by atoms with Crippen molar-refractivity contribution in [2.45, 2.75) is 18.9 Å². The molecule has 0 bridgehead atoms. The van der Waals surface area contributed by atoms with E-state index in [4.69, 9.17) is 5.11 Å². The molecule has 0 radical (unpaired) electrons. The largest absolute Gasteiger partial charge is 0.480 e. The summed E-state index contributed by atoms with van der Waals surface area (Å²) >= 11 is 1.55. The molecule has 110 valence electrons. The van der Waals surface area contributed by atoms with E-state index in [9.17, 15) is 9.59 Å². The Bertz CT molecular complexity index is 426. The van der Waals surface area contributed by atoms with Crippen molar-refractivity contribution in [2.24, 2.45) is 0 Å². The van der Waals surface area contributed by atoms with Crippen molar-refractivity contribution in [2.75, 3.05) is 18.6 Å². The van der Waals surface area contributed by atoms with Gasteiger partial charge in [0.25, 0.3) is 0 Å². The van der Waals surface area contributed by atoms with E-state index in [-0.39, 0.29) is 0 Å². The lowest BCUT2D eigenvalue weighted by Crippen LogP contribution is -2.46. The van der Waals surface area contributed by atoms with Crippen LogP contribution >= 0.6 is 11.8 Å². The predicted octanol–water partition coefficient (Wildman–Crippen LogP) is 1.73. The molecule has 2 amide bonds. The molecule has 0 fully saturated rings. The summed E-state index contributed by atoms with van der Waals surface area (Å²) in [6.07, 6.45) is 3.04. The standard InChI is InChI=1S/C14H20N2O3S/c1-20-10-8-12(13(17)18)16-14(19)15-9-7-11-5-3-2-4-6-11/h2-6,12H,7-10H2,1H3,(H,17,18)(H2,15,16,19). The smallest absolute Gasteiger partial charge is 0.326 e. The van der Waals surface area contributed by atoms with Crippen molar-refractivity contribution in [3.63, 3.8) is 0 Å². The van der Waals surface area contributed by atoms with Crippen molar-refractivity contribution in [1.29, 1.82) is 0 Å². The van der Waals surface area contributed by atoms with Gasteiger partial charge >= 0.3 is 12.0 Å². The first-order valence-electron chi connectivity index (χ1n) is 6.43. The highest BCUT2D eigenvalue weighted by molar-refractivity contribution is 7.98. The van der Waals surface area contributed by atoms with Crippen LogP contribution in [0.3, 0.4) is 0 Å². The third kappa shape index (κ3) is 6.47. The highest BCUT2D eigenvalue weighted by Gasteiger charge is 2.18. The van der Waals surface area contributed by atoms with Gasteiger partial charge < -0.3 is 15.7 Å². The molecule has 5 nitrogen and oxygen atoms in total. The zero-order valence-electron chi connectivity index (χ0n) is 11.5. The minimum atomic E-state index is -1.00. The Labute approximate surface area is 123 Å². The summed E-state index contributed by atoms with van der Waals surface area (Å²) in [5.74, 6) is -0.307. The SMILES string of the molecule is CSCCC(NC(=O)NCCc1ccccc1)C(=O)O. The zero-order valence-corrected chi connectivity index (χ0v) is 12.3. The van der Waals surface area contributed by atoms with Gasteiger partial charge in [0, 0.05) is 6.54 Å². The van der Waals surface area contributed by atoms with E-state index in [0.29, 0.717) is 18.7 Å². The van der Waals surface area contributed by atoms with E-state index < -0.39 is 18.0 Å². The number of rotatable bonds is 8. The van der Waals surface area contributed by atoms with Gasteiger partial charge in [0.15, 0.2) is 0 Å². The Morgan fingerprint density at radius 1 is 1.30 bits per heavy atom. The van der Waals surface area contributed by atoms with Crippen LogP contribution in [0.25, 0.3) is 0 Å². The molecule has 0 aromatic heterocycles. The molecule has 20 heavy (non-hydrogen) atoms. The topological polar surface area (TPSA) is 78.4 Å². The number of carbonyl (C=O) groups is 2. The third-order valence-electron chi connectivity index (χ3n) is 2.76. The number of hydrogen-bond donors (Lipinski definition) is 3. The molecule has 0 saturated heterocycles. The van der Waals surface area contributed by atoms with Crippen LogP contribution in [-0.4, -0.2) is 41.7 Å². The molecule has 0 aliphatic heterocycles. The number of amides is 2. The molecule has 1 unspecified atom stereocenters. The Hall–Kier alpha value is -1.69. The van der Waals surface area contributed by atoms with Gasteiger partial charge in [0.1, 0.15) is 6.04 Å². The number of nitrogens with one attached hydrogen (secondary N) is 2. The number of thioether (sulfide) groups is 1. The first-order chi connectivity index (χ1) is 9.63. The van der Waals surface area contributed by atoms with Crippen molar-refractivity contribution in [3.05, 3.63) is 35.9 Å². The summed E-state index contributed by atoms with van der Waals surface area (Å²) < 4.78 is 0. The lowest BCUT2D eigenvalue weighted by Gasteiger charge is -2.14. The molecule has 0 heterocycles. The maximum absolute atomic E-state index is 11.6. The summed E-state index contributed by atoms with van der Waals surface area (Å²) in [6.45, 7) is 0.477. The van der Waals surface area contributed by atoms with Crippen molar-refractivity contribution in [1.82, 2.24) is 10.6 Å². The van der Waals surface area contributed by atoms with E-state index in [1.54, 1.807) is 11.8 Å². The molecule has 0 saturated carbocycles. The maximum Gasteiger partial charge on any atom is 0.326 e. The van der Waals surface area contributed by atoms with Crippen molar-refractivity contribution < 1.29 is 14.7 Å². The number of carboxylic acid groups (broad SMARTS) is 1. The van der Waals surface area contributed by atoms with Gasteiger partial charge in [-0.3, -0.25) is 0 Å². The van der Waals surface area contributed by atoms with Gasteiger partial charge in [-0.2, -0.15) is 11.8 Å². The van der Waals surface area contributed by atoms with E-state index in [2.05, 4.69) is 10.6 Å². The molecule has 0 aliphatic carbocycles. The number of urea groups is 1. The number of benzene rings is 1. The average Bonchev–Trinajstić information content (AvgIpc) is 2.44. The fourth-order valence-electron chi connectivity index (χ4n) is 1.67. The molecule has 1 aromatic carbocycles. The van der Waals surface area contributed by atoms with Gasteiger partial charge in [0.2, 0.25) is 0 Å². The molecular weight excluding hydrogens is 276 g/mol. The van der Waals surface area contributed by atoms with E-state index in [0.717, 1.165) is 12.0 Å². The maximum atomic E-state index is 11.6. The lowest BCUT2D eigenvalue weighted by molar-refractivity contribution is -0.139. The molecule has 6 heteroatoms. The van der Waals surface area contributed by atoms with Crippen LogP contribution in [0, 0.1) is 0 Å². The highest BCUT2D eigenvalue weighted by Crippen LogP contribution is 2.01. The second-order valence-corrected chi connectivity index (χ2v) is 5.29. The Morgan fingerprint density at radius 3 is 2.60 bits per heavy atom. The molecular formula is C14H20N2O3S.